The first-order chi connectivity index (χ1) is 11.7. The van der Waals surface area contributed by atoms with Crippen LogP contribution in [-0.4, -0.2) is 27.2 Å². The Hall–Kier alpha value is -2.92. The van der Waals surface area contributed by atoms with Gasteiger partial charge in [0.15, 0.2) is 5.82 Å². The highest BCUT2D eigenvalue weighted by molar-refractivity contribution is 7.99. The molecule has 3 aromatic rings. The van der Waals surface area contributed by atoms with Crippen LogP contribution in [0.1, 0.15) is 11.3 Å². The lowest BCUT2D eigenvalue weighted by molar-refractivity contribution is 0.343. The molecule has 2 heterocycles. The highest BCUT2D eigenvalue weighted by Gasteiger charge is 2.15. The number of furan rings is 1. The molecule has 0 spiro atoms. The Balaban J connectivity index is 1.57. The molecule has 0 radical (unpaired) electrons. The van der Waals surface area contributed by atoms with Crippen molar-refractivity contribution in [3.8, 4) is 23.2 Å². The first kappa shape index (κ1) is 16.0. The van der Waals surface area contributed by atoms with Crippen LogP contribution < -0.4 is 10.6 Å². The van der Waals surface area contributed by atoms with Gasteiger partial charge in [0.2, 0.25) is 5.16 Å². The zero-order chi connectivity index (χ0) is 16.9. The monoisotopic (exact) mass is 341 g/mol. The third-order valence-corrected chi connectivity index (χ3v) is 4.22. The highest BCUT2D eigenvalue weighted by Crippen LogP contribution is 2.25. The number of ether oxygens (including phenoxy) is 1. The van der Waals surface area contributed by atoms with Crippen LogP contribution in [0.4, 0.5) is 0 Å². The molecule has 2 aromatic heterocycles. The van der Waals surface area contributed by atoms with Crippen LogP contribution >= 0.6 is 11.8 Å². The van der Waals surface area contributed by atoms with Crippen molar-refractivity contribution in [2.24, 2.45) is 0 Å². The van der Waals surface area contributed by atoms with Gasteiger partial charge in [-0.25, -0.2) is 4.68 Å². The Morgan fingerprint density at radius 1 is 1.38 bits per heavy atom. The Kier molecular flexibility index (Phi) is 4.72. The molecule has 2 N–H and O–H groups in total. The van der Waals surface area contributed by atoms with E-state index in [-0.39, 0.29) is 0 Å². The molecule has 3 rings (SSSR count). The predicted molar refractivity (Wildman–Crippen MR) is 90.0 cm³/mol. The highest BCUT2D eigenvalue weighted by atomic mass is 32.2. The van der Waals surface area contributed by atoms with Crippen LogP contribution in [0.5, 0.6) is 5.75 Å². The van der Waals surface area contributed by atoms with Crippen LogP contribution in [0.15, 0.2) is 46.2 Å². The van der Waals surface area contributed by atoms with Crippen molar-refractivity contribution in [2.75, 3.05) is 18.2 Å². The van der Waals surface area contributed by atoms with Crippen molar-refractivity contribution < 1.29 is 9.15 Å². The summed E-state index contributed by atoms with van der Waals surface area (Å²) in [5.74, 6) is 8.67. The maximum atomic E-state index is 8.86. The minimum atomic E-state index is 0.465. The van der Waals surface area contributed by atoms with E-state index in [0.29, 0.717) is 34.7 Å². The van der Waals surface area contributed by atoms with Crippen molar-refractivity contribution in [3.05, 3.63) is 47.9 Å². The molecule has 0 atom stereocenters. The summed E-state index contributed by atoms with van der Waals surface area (Å²) < 4.78 is 12.3. The minimum absolute atomic E-state index is 0.465. The third kappa shape index (κ3) is 3.36. The second-order valence-corrected chi connectivity index (χ2v) is 5.97. The van der Waals surface area contributed by atoms with Crippen LogP contribution in [-0.2, 0) is 0 Å². The number of nitrogen functional groups attached to an aromatic ring is 1. The van der Waals surface area contributed by atoms with Crippen molar-refractivity contribution in [1.29, 1.82) is 5.26 Å². The summed E-state index contributed by atoms with van der Waals surface area (Å²) in [6.07, 6.45) is 1.59. The van der Waals surface area contributed by atoms with Gasteiger partial charge in [-0.3, -0.25) is 0 Å². The molecule has 0 saturated heterocycles. The summed E-state index contributed by atoms with van der Waals surface area (Å²) in [5.41, 5.74) is 1.39. The summed E-state index contributed by atoms with van der Waals surface area (Å²) >= 11 is 1.44. The number of nitrogens with zero attached hydrogens (tertiary/aromatic N) is 4. The largest absolute Gasteiger partial charge is 0.493 e. The molecule has 122 valence electrons. The van der Waals surface area contributed by atoms with Gasteiger partial charge in [-0.05, 0) is 31.2 Å². The van der Waals surface area contributed by atoms with Gasteiger partial charge in [-0.15, -0.1) is 10.2 Å². The lowest BCUT2D eigenvalue weighted by Crippen LogP contribution is -2.12. The summed E-state index contributed by atoms with van der Waals surface area (Å²) in [6.45, 7) is 2.31. The molecule has 0 aliphatic rings. The van der Waals surface area contributed by atoms with E-state index in [2.05, 4.69) is 16.3 Å². The lowest BCUT2D eigenvalue weighted by atomic mass is 10.2. The van der Waals surface area contributed by atoms with E-state index in [1.54, 1.807) is 24.5 Å². The van der Waals surface area contributed by atoms with Crippen molar-refractivity contribution in [3.63, 3.8) is 0 Å². The molecule has 0 aliphatic heterocycles. The second-order valence-electron chi connectivity index (χ2n) is 4.90. The fraction of sp³-hybridized carbons (Fsp3) is 0.188. The van der Waals surface area contributed by atoms with Gasteiger partial charge in [0.05, 0.1) is 30.1 Å². The van der Waals surface area contributed by atoms with Crippen LogP contribution in [0.25, 0.3) is 11.4 Å². The maximum Gasteiger partial charge on any atom is 0.210 e. The van der Waals surface area contributed by atoms with E-state index in [4.69, 9.17) is 20.3 Å². The molecule has 0 bridgehead atoms. The predicted octanol–water partition coefficient (Wildman–Crippen LogP) is 2.60. The Morgan fingerprint density at radius 3 is 3.00 bits per heavy atom. The number of hydrogen-bond acceptors (Lipinski definition) is 7. The molecule has 1 aromatic carbocycles. The Labute approximate surface area is 143 Å². The average molecular weight is 341 g/mol. The molecular weight excluding hydrogens is 326 g/mol. The van der Waals surface area contributed by atoms with E-state index >= 15 is 0 Å². The molecule has 8 heteroatoms. The van der Waals surface area contributed by atoms with Gasteiger partial charge >= 0.3 is 0 Å². The van der Waals surface area contributed by atoms with Crippen molar-refractivity contribution >= 4 is 11.8 Å². The van der Waals surface area contributed by atoms with Gasteiger partial charge in [0.1, 0.15) is 11.5 Å². The van der Waals surface area contributed by atoms with Gasteiger partial charge in [-0.1, -0.05) is 17.8 Å². The summed E-state index contributed by atoms with van der Waals surface area (Å²) in [5, 5.41) is 17.7. The van der Waals surface area contributed by atoms with Gasteiger partial charge in [-0.2, -0.15) is 5.26 Å². The number of nitriles is 1. The fourth-order valence-electron chi connectivity index (χ4n) is 2.12. The molecule has 0 amide bonds. The second kappa shape index (κ2) is 7.10. The standard InChI is InChI=1S/C16H15N5O2S/c1-11-14(5-6-22-11)15-19-20-16(21(15)18)24-8-7-23-13-4-2-3-12(9-13)10-17/h2-6,9H,7-8,18H2,1H3. The molecule has 0 unspecified atom stereocenters. The lowest BCUT2D eigenvalue weighted by Gasteiger charge is -2.06. The number of aryl methyl sites for hydroxylation is 1. The number of thioether (sulfide) groups is 1. The zero-order valence-electron chi connectivity index (χ0n) is 13.0. The fourth-order valence-corrected chi connectivity index (χ4v) is 2.80. The first-order valence-corrected chi connectivity index (χ1v) is 8.18. The SMILES string of the molecule is Cc1occc1-c1nnc(SCCOc2cccc(C#N)c2)n1N. The minimum Gasteiger partial charge on any atom is -0.493 e. The quantitative estimate of drug-likeness (QED) is 0.417. The number of rotatable bonds is 6. The Morgan fingerprint density at radius 2 is 2.25 bits per heavy atom. The van der Waals surface area contributed by atoms with Crippen molar-refractivity contribution in [1.82, 2.24) is 14.9 Å². The van der Waals surface area contributed by atoms with E-state index in [1.807, 2.05) is 19.1 Å². The molecule has 0 saturated carbocycles. The molecular formula is C16H15N5O2S. The van der Waals surface area contributed by atoms with Crippen LogP contribution in [0.3, 0.4) is 0 Å². The van der Waals surface area contributed by atoms with Gasteiger partial charge in [0, 0.05) is 5.75 Å². The topological polar surface area (TPSA) is 103 Å². The number of hydrogen-bond donors (Lipinski definition) is 1. The smallest absolute Gasteiger partial charge is 0.210 e. The number of benzene rings is 1. The van der Waals surface area contributed by atoms with E-state index in [9.17, 15) is 0 Å². The zero-order valence-corrected chi connectivity index (χ0v) is 13.8. The van der Waals surface area contributed by atoms with Crippen molar-refractivity contribution in [2.45, 2.75) is 12.1 Å². The first-order valence-electron chi connectivity index (χ1n) is 7.20. The molecule has 24 heavy (non-hydrogen) atoms. The third-order valence-electron chi connectivity index (χ3n) is 3.31. The number of aromatic nitrogens is 3. The van der Waals surface area contributed by atoms with E-state index in [0.717, 1.165) is 11.3 Å². The van der Waals surface area contributed by atoms with Gasteiger partial charge in [0.25, 0.3) is 0 Å². The molecule has 0 aliphatic carbocycles. The number of nitrogens with two attached hydrogens (primary N) is 1. The average Bonchev–Trinajstić information content (AvgIpc) is 3.17. The van der Waals surface area contributed by atoms with Crippen LogP contribution in [0.2, 0.25) is 0 Å². The summed E-state index contributed by atoms with van der Waals surface area (Å²) in [6, 6.07) is 10.9. The van der Waals surface area contributed by atoms with Gasteiger partial charge < -0.3 is 15.0 Å². The molecule has 0 fully saturated rings. The van der Waals surface area contributed by atoms with E-state index < -0.39 is 0 Å². The maximum absolute atomic E-state index is 8.86. The summed E-state index contributed by atoms with van der Waals surface area (Å²) in [4.78, 5) is 0. The normalized spacial score (nSPS) is 10.5. The molecule has 7 nitrogen and oxygen atoms in total. The Bertz CT molecular complexity index is 881. The van der Waals surface area contributed by atoms with Crippen LogP contribution in [0, 0.1) is 18.3 Å². The van der Waals surface area contributed by atoms with E-state index in [1.165, 1.54) is 16.4 Å². The summed E-state index contributed by atoms with van der Waals surface area (Å²) in [7, 11) is 0.